The second-order valence-corrected chi connectivity index (χ2v) is 6.59. The molecule has 3 aromatic rings. The van der Waals surface area contributed by atoms with Crippen LogP contribution in [0.2, 0.25) is 0 Å². The van der Waals surface area contributed by atoms with E-state index >= 15 is 0 Å². The number of nitrogens with zero attached hydrogens (tertiary/aromatic N) is 3. The topological polar surface area (TPSA) is 49.6 Å². The minimum absolute atomic E-state index is 0.180. The molecule has 1 fully saturated rings. The van der Waals surface area contributed by atoms with Gasteiger partial charge in [0.2, 0.25) is 0 Å². The predicted octanol–water partition coefficient (Wildman–Crippen LogP) is 2.97. The average Bonchev–Trinajstić information content (AvgIpc) is 3.31. The first-order chi connectivity index (χ1) is 12.7. The Bertz CT molecular complexity index is 930. The van der Waals surface area contributed by atoms with Gasteiger partial charge >= 0.3 is 0 Å². The summed E-state index contributed by atoms with van der Waals surface area (Å²) in [5.41, 5.74) is 2.31. The second kappa shape index (κ2) is 7.25. The first kappa shape index (κ1) is 16.7. The van der Waals surface area contributed by atoms with Crippen molar-refractivity contribution in [3.8, 4) is 11.1 Å². The molecule has 0 saturated carbocycles. The standard InChI is InChI=1S/C20H21FN4O/c21-17-6-2-1-5-16(17)15-7-8-19-23-18(14-25(19)13-15)20(26)22-9-12-24-10-3-4-11-24/h1-2,5-8,13-14H,3-4,9-12H2,(H,22,26). The highest BCUT2D eigenvalue weighted by Gasteiger charge is 2.14. The molecule has 1 amide bonds. The van der Waals surface area contributed by atoms with Crippen molar-refractivity contribution in [1.29, 1.82) is 0 Å². The number of amides is 1. The zero-order valence-electron chi connectivity index (χ0n) is 14.5. The molecule has 6 heteroatoms. The van der Waals surface area contributed by atoms with Crippen molar-refractivity contribution in [1.82, 2.24) is 19.6 Å². The number of pyridine rings is 1. The number of imidazole rings is 1. The minimum Gasteiger partial charge on any atom is -0.349 e. The van der Waals surface area contributed by atoms with Crippen LogP contribution in [0.3, 0.4) is 0 Å². The van der Waals surface area contributed by atoms with Crippen LogP contribution >= 0.6 is 0 Å². The van der Waals surface area contributed by atoms with E-state index in [0.29, 0.717) is 23.4 Å². The van der Waals surface area contributed by atoms with Crippen LogP contribution in [-0.4, -0.2) is 46.4 Å². The summed E-state index contributed by atoms with van der Waals surface area (Å²) >= 11 is 0. The van der Waals surface area contributed by atoms with Gasteiger partial charge in [-0.3, -0.25) is 4.79 Å². The molecule has 0 radical (unpaired) electrons. The van der Waals surface area contributed by atoms with Crippen LogP contribution < -0.4 is 5.32 Å². The molecule has 0 aliphatic carbocycles. The van der Waals surface area contributed by atoms with Gasteiger partial charge in [0.1, 0.15) is 17.2 Å². The van der Waals surface area contributed by atoms with E-state index in [9.17, 15) is 9.18 Å². The van der Waals surface area contributed by atoms with Gasteiger partial charge in [-0.15, -0.1) is 0 Å². The molecule has 1 aromatic carbocycles. The van der Waals surface area contributed by atoms with Crippen LogP contribution in [-0.2, 0) is 0 Å². The molecule has 134 valence electrons. The highest BCUT2D eigenvalue weighted by molar-refractivity contribution is 5.92. The Morgan fingerprint density at radius 2 is 1.92 bits per heavy atom. The largest absolute Gasteiger partial charge is 0.349 e. The van der Waals surface area contributed by atoms with E-state index in [1.54, 1.807) is 41.1 Å². The van der Waals surface area contributed by atoms with E-state index in [1.807, 2.05) is 6.07 Å². The van der Waals surface area contributed by atoms with Gasteiger partial charge in [0.25, 0.3) is 5.91 Å². The van der Waals surface area contributed by atoms with Crippen molar-refractivity contribution in [3.05, 3.63) is 60.3 Å². The fourth-order valence-corrected chi connectivity index (χ4v) is 3.38. The predicted molar refractivity (Wildman–Crippen MR) is 98.6 cm³/mol. The maximum Gasteiger partial charge on any atom is 0.271 e. The van der Waals surface area contributed by atoms with Crippen LogP contribution in [0.5, 0.6) is 0 Å². The number of likely N-dealkylation sites (tertiary alicyclic amines) is 1. The van der Waals surface area contributed by atoms with Gasteiger partial charge in [0, 0.05) is 36.6 Å². The molecule has 1 saturated heterocycles. The van der Waals surface area contributed by atoms with E-state index in [1.165, 1.54) is 18.9 Å². The Hall–Kier alpha value is -2.73. The molecular weight excluding hydrogens is 331 g/mol. The molecule has 5 nitrogen and oxygen atoms in total. The molecule has 3 heterocycles. The van der Waals surface area contributed by atoms with Crippen LogP contribution in [0.1, 0.15) is 23.3 Å². The van der Waals surface area contributed by atoms with Crippen molar-refractivity contribution >= 4 is 11.6 Å². The molecule has 0 bridgehead atoms. The highest BCUT2D eigenvalue weighted by atomic mass is 19.1. The lowest BCUT2D eigenvalue weighted by molar-refractivity contribution is 0.0945. The molecule has 1 aliphatic rings. The number of halogens is 1. The second-order valence-electron chi connectivity index (χ2n) is 6.59. The van der Waals surface area contributed by atoms with E-state index in [4.69, 9.17) is 0 Å². The van der Waals surface area contributed by atoms with Crippen LogP contribution in [0.25, 0.3) is 16.8 Å². The van der Waals surface area contributed by atoms with Gasteiger partial charge in [-0.2, -0.15) is 0 Å². The van der Waals surface area contributed by atoms with Gasteiger partial charge in [0.05, 0.1) is 0 Å². The highest BCUT2D eigenvalue weighted by Crippen LogP contribution is 2.23. The van der Waals surface area contributed by atoms with Gasteiger partial charge in [-0.05, 0) is 44.1 Å². The number of nitrogens with one attached hydrogen (secondary N) is 1. The van der Waals surface area contributed by atoms with Crippen LogP contribution in [0.15, 0.2) is 48.8 Å². The third-order valence-corrected chi connectivity index (χ3v) is 4.78. The quantitative estimate of drug-likeness (QED) is 0.768. The van der Waals surface area contributed by atoms with E-state index in [0.717, 1.165) is 25.2 Å². The van der Waals surface area contributed by atoms with Crippen LogP contribution in [0, 0.1) is 5.82 Å². The molecule has 0 atom stereocenters. The zero-order chi connectivity index (χ0) is 17.9. The molecule has 0 spiro atoms. The number of carbonyl (C=O) groups excluding carboxylic acids is 1. The molecular formula is C20H21FN4O. The number of hydrogen-bond acceptors (Lipinski definition) is 3. The smallest absolute Gasteiger partial charge is 0.271 e. The summed E-state index contributed by atoms with van der Waals surface area (Å²) in [6.45, 7) is 3.72. The summed E-state index contributed by atoms with van der Waals surface area (Å²) in [6, 6.07) is 10.2. The van der Waals surface area contributed by atoms with Gasteiger partial charge < -0.3 is 14.6 Å². The number of aromatic nitrogens is 2. The summed E-state index contributed by atoms with van der Waals surface area (Å²) < 4.78 is 15.7. The molecule has 2 aromatic heterocycles. The minimum atomic E-state index is -0.271. The van der Waals surface area contributed by atoms with E-state index in [-0.39, 0.29) is 11.7 Å². The third-order valence-electron chi connectivity index (χ3n) is 4.78. The summed E-state index contributed by atoms with van der Waals surface area (Å²) in [6.07, 6.45) is 5.96. The average molecular weight is 352 g/mol. The summed E-state index contributed by atoms with van der Waals surface area (Å²) in [4.78, 5) is 19.0. The summed E-state index contributed by atoms with van der Waals surface area (Å²) in [7, 11) is 0. The first-order valence-electron chi connectivity index (χ1n) is 8.95. The lowest BCUT2D eigenvalue weighted by Gasteiger charge is -2.14. The maximum atomic E-state index is 14.0. The summed E-state index contributed by atoms with van der Waals surface area (Å²) in [5, 5.41) is 2.93. The Labute approximate surface area is 151 Å². The van der Waals surface area contributed by atoms with E-state index in [2.05, 4.69) is 15.2 Å². The van der Waals surface area contributed by atoms with Gasteiger partial charge in [-0.25, -0.2) is 9.37 Å². The number of fused-ring (bicyclic) bond motifs is 1. The Balaban J connectivity index is 1.48. The van der Waals surface area contributed by atoms with Crippen molar-refractivity contribution in [2.45, 2.75) is 12.8 Å². The lowest BCUT2D eigenvalue weighted by Crippen LogP contribution is -2.33. The summed E-state index contributed by atoms with van der Waals surface area (Å²) in [5.74, 6) is -0.452. The molecule has 1 N–H and O–H groups in total. The fourth-order valence-electron chi connectivity index (χ4n) is 3.38. The third kappa shape index (κ3) is 3.46. The van der Waals surface area contributed by atoms with Crippen LogP contribution in [0.4, 0.5) is 4.39 Å². The number of rotatable bonds is 5. The number of carbonyl (C=O) groups is 1. The normalized spacial score (nSPS) is 14.8. The van der Waals surface area contributed by atoms with Crippen molar-refractivity contribution < 1.29 is 9.18 Å². The van der Waals surface area contributed by atoms with Crippen molar-refractivity contribution in [2.24, 2.45) is 0 Å². The van der Waals surface area contributed by atoms with Gasteiger partial charge in [-0.1, -0.05) is 18.2 Å². The number of hydrogen-bond donors (Lipinski definition) is 1. The number of benzene rings is 1. The van der Waals surface area contributed by atoms with E-state index < -0.39 is 0 Å². The SMILES string of the molecule is O=C(NCCN1CCCC1)c1cn2cc(-c3ccccc3F)ccc2n1. The lowest BCUT2D eigenvalue weighted by atomic mass is 10.1. The Morgan fingerprint density at radius 1 is 1.12 bits per heavy atom. The monoisotopic (exact) mass is 352 g/mol. The Kier molecular flexibility index (Phi) is 4.67. The van der Waals surface area contributed by atoms with Gasteiger partial charge in [0.15, 0.2) is 0 Å². The first-order valence-corrected chi connectivity index (χ1v) is 8.95. The molecule has 4 rings (SSSR count). The fraction of sp³-hybridized carbons (Fsp3) is 0.300. The molecule has 0 unspecified atom stereocenters. The Morgan fingerprint density at radius 3 is 2.73 bits per heavy atom. The zero-order valence-corrected chi connectivity index (χ0v) is 14.5. The maximum absolute atomic E-state index is 14.0. The molecule has 1 aliphatic heterocycles. The molecule has 26 heavy (non-hydrogen) atoms. The van der Waals surface area contributed by atoms with Crippen molar-refractivity contribution in [2.75, 3.05) is 26.2 Å². The van der Waals surface area contributed by atoms with Crippen molar-refractivity contribution in [3.63, 3.8) is 0 Å².